The lowest BCUT2D eigenvalue weighted by molar-refractivity contribution is 0.404. The van der Waals surface area contributed by atoms with Crippen LogP contribution >= 0.6 is 0 Å². The normalized spacial score (nSPS) is 10.8. The van der Waals surface area contributed by atoms with Crippen molar-refractivity contribution < 1.29 is 10.2 Å². The molecule has 2 aromatic rings. The monoisotopic (exact) mass is 270 g/mol. The molecule has 2 nitrogen and oxygen atoms in total. The molecule has 2 N–H and O–H groups in total. The van der Waals surface area contributed by atoms with Crippen LogP contribution in [0.1, 0.15) is 37.5 Å². The van der Waals surface area contributed by atoms with Crippen LogP contribution in [-0.4, -0.2) is 10.2 Å². The van der Waals surface area contributed by atoms with Gasteiger partial charge in [0, 0.05) is 5.56 Å². The zero-order chi connectivity index (χ0) is 14.7. The first-order valence-electron chi connectivity index (χ1n) is 7.28. The predicted molar refractivity (Wildman–Crippen MR) is 83.3 cm³/mol. The first kappa shape index (κ1) is 14.4. The number of hydrogen-bond acceptors (Lipinski definition) is 2. The van der Waals surface area contributed by atoms with Crippen molar-refractivity contribution in [2.75, 3.05) is 0 Å². The molecule has 0 saturated heterocycles. The van der Waals surface area contributed by atoms with Gasteiger partial charge in [-0.1, -0.05) is 45.0 Å². The summed E-state index contributed by atoms with van der Waals surface area (Å²) in [5, 5.41) is 20.1. The van der Waals surface area contributed by atoms with Crippen molar-refractivity contribution in [3.8, 4) is 22.6 Å². The van der Waals surface area contributed by atoms with Crippen molar-refractivity contribution >= 4 is 0 Å². The van der Waals surface area contributed by atoms with E-state index >= 15 is 0 Å². The molecule has 0 aromatic heterocycles. The summed E-state index contributed by atoms with van der Waals surface area (Å²) in [4.78, 5) is 0. The Kier molecular flexibility index (Phi) is 4.33. The Morgan fingerprint density at radius 3 is 2.10 bits per heavy atom. The average molecular weight is 270 g/mol. The van der Waals surface area contributed by atoms with Gasteiger partial charge < -0.3 is 10.2 Å². The molecule has 0 aliphatic heterocycles. The Labute approximate surface area is 120 Å². The Balaban J connectivity index is 2.70. The van der Waals surface area contributed by atoms with E-state index in [1.807, 2.05) is 6.07 Å². The van der Waals surface area contributed by atoms with Crippen LogP contribution in [0.4, 0.5) is 0 Å². The van der Waals surface area contributed by atoms with Crippen molar-refractivity contribution in [1.29, 1.82) is 0 Å². The highest BCUT2D eigenvalue weighted by Gasteiger charge is 2.16. The van der Waals surface area contributed by atoms with Crippen LogP contribution in [0, 0.1) is 0 Å². The summed E-state index contributed by atoms with van der Waals surface area (Å²) in [5.74, 6) is -0.0675. The second kappa shape index (κ2) is 6.00. The highest BCUT2D eigenvalue weighted by Crippen LogP contribution is 2.41. The van der Waals surface area contributed by atoms with E-state index in [4.69, 9.17) is 0 Å². The molecule has 2 rings (SSSR count). The van der Waals surface area contributed by atoms with Crippen molar-refractivity contribution in [3.05, 3.63) is 47.0 Å². The lowest BCUT2D eigenvalue weighted by Gasteiger charge is -2.16. The van der Waals surface area contributed by atoms with Gasteiger partial charge in [-0.05, 0) is 47.6 Å². The van der Waals surface area contributed by atoms with Gasteiger partial charge in [0.05, 0.1) is 0 Å². The molecular weight excluding hydrogens is 248 g/mol. The van der Waals surface area contributed by atoms with Gasteiger partial charge in [0.15, 0.2) is 11.5 Å². The first-order chi connectivity index (χ1) is 9.62. The van der Waals surface area contributed by atoms with Crippen LogP contribution in [0.5, 0.6) is 11.5 Å². The fourth-order valence-electron chi connectivity index (χ4n) is 2.62. The Morgan fingerprint density at radius 2 is 1.50 bits per heavy atom. The summed E-state index contributed by atoms with van der Waals surface area (Å²) in [6.07, 6.45) is 2.73. The summed E-state index contributed by atoms with van der Waals surface area (Å²) in [6, 6.07) is 9.79. The van der Waals surface area contributed by atoms with Crippen molar-refractivity contribution in [3.63, 3.8) is 0 Å². The van der Waals surface area contributed by atoms with E-state index in [1.54, 1.807) is 6.07 Å². The van der Waals surface area contributed by atoms with Gasteiger partial charge in [0.1, 0.15) is 0 Å². The Hall–Kier alpha value is -1.96. The maximum Gasteiger partial charge on any atom is 0.165 e. The molecule has 2 aromatic carbocycles. The number of benzene rings is 2. The topological polar surface area (TPSA) is 40.5 Å². The van der Waals surface area contributed by atoms with E-state index in [-0.39, 0.29) is 11.5 Å². The molecule has 20 heavy (non-hydrogen) atoms. The van der Waals surface area contributed by atoms with Crippen LogP contribution in [0.3, 0.4) is 0 Å². The van der Waals surface area contributed by atoms with Crippen LogP contribution in [-0.2, 0) is 19.3 Å². The summed E-state index contributed by atoms with van der Waals surface area (Å²) < 4.78 is 0. The summed E-state index contributed by atoms with van der Waals surface area (Å²) in [7, 11) is 0. The molecule has 0 atom stereocenters. The molecule has 0 saturated carbocycles. The molecule has 0 spiro atoms. The maximum atomic E-state index is 10.3. The fraction of sp³-hybridized carbons (Fsp3) is 0.333. The quantitative estimate of drug-likeness (QED) is 0.806. The number of aryl methyl sites for hydroxylation is 3. The molecule has 0 fully saturated rings. The number of rotatable bonds is 4. The molecule has 0 aliphatic rings. The summed E-state index contributed by atoms with van der Waals surface area (Å²) in [5.41, 5.74) is 5.35. The summed E-state index contributed by atoms with van der Waals surface area (Å²) in [6.45, 7) is 6.31. The highest BCUT2D eigenvalue weighted by atomic mass is 16.3. The molecular formula is C18H22O2. The third-order valence-corrected chi connectivity index (χ3v) is 3.85. The molecule has 0 amide bonds. The average Bonchev–Trinajstić information content (AvgIpc) is 2.49. The molecule has 0 aliphatic carbocycles. The van der Waals surface area contributed by atoms with Crippen molar-refractivity contribution in [2.45, 2.75) is 40.0 Å². The van der Waals surface area contributed by atoms with Gasteiger partial charge in [0.25, 0.3) is 0 Å². The van der Waals surface area contributed by atoms with E-state index in [0.29, 0.717) is 0 Å². The third kappa shape index (κ3) is 2.51. The van der Waals surface area contributed by atoms with E-state index in [2.05, 4.69) is 39.0 Å². The van der Waals surface area contributed by atoms with Gasteiger partial charge in [-0.3, -0.25) is 0 Å². The maximum absolute atomic E-state index is 10.3. The highest BCUT2D eigenvalue weighted by molar-refractivity contribution is 5.79. The van der Waals surface area contributed by atoms with Crippen molar-refractivity contribution in [1.82, 2.24) is 0 Å². The van der Waals surface area contributed by atoms with Crippen LogP contribution in [0.2, 0.25) is 0 Å². The molecule has 2 heteroatoms. The van der Waals surface area contributed by atoms with Crippen molar-refractivity contribution in [2.24, 2.45) is 0 Å². The fourth-order valence-corrected chi connectivity index (χ4v) is 2.62. The van der Waals surface area contributed by atoms with Crippen LogP contribution in [0.25, 0.3) is 11.1 Å². The molecule has 0 heterocycles. The number of phenolic OH excluding ortho intramolecular Hbond substituents is 2. The van der Waals surface area contributed by atoms with E-state index in [9.17, 15) is 10.2 Å². The standard InChI is InChI=1S/C18H22O2/c1-4-12-7-9-15(14(6-3)11-12)17-13(5-2)8-10-16(19)18(17)20/h7-11,19-20H,4-6H2,1-3H3. The minimum atomic E-state index is -0.0566. The summed E-state index contributed by atoms with van der Waals surface area (Å²) >= 11 is 0. The van der Waals surface area contributed by atoms with E-state index < -0.39 is 0 Å². The number of hydrogen-bond donors (Lipinski definition) is 2. The SMILES string of the molecule is CCc1ccc(-c2c(CC)ccc(O)c2O)c(CC)c1. The third-order valence-electron chi connectivity index (χ3n) is 3.85. The minimum absolute atomic E-state index is 0.0108. The van der Waals surface area contributed by atoms with Crippen LogP contribution < -0.4 is 0 Å². The smallest absolute Gasteiger partial charge is 0.165 e. The second-order valence-corrected chi connectivity index (χ2v) is 5.02. The van der Waals surface area contributed by atoms with Gasteiger partial charge in [0.2, 0.25) is 0 Å². The first-order valence-corrected chi connectivity index (χ1v) is 7.28. The van der Waals surface area contributed by atoms with Gasteiger partial charge in [-0.2, -0.15) is 0 Å². The second-order valence-electron chi connectivity index (χ2n) is 5.02. The van der Waals surface area contributed by atoms with E-state index in [0.717, 1.165) is 36.0 Å². The molecule has 0 unspecified atom stereocenters. The number of phenols is 2. The number of aromatic hydroxyl groups is 2. The predicted octanol–water partition coefficient (Wildman–Crippen LogP) is 4.45. The Morgan fingerprint density at radius 1 is 0.800 bits per heavy atom. The van der Waals surface area contributed by atoms with Crippen LogP contribution in [0.15, 0.2) is 30.3 Å². The lowest BCUT2D eigenvalue weighted by Crippen LogP contribution is -1.95. The van der Waals surface area contributed by atoms with Gasteiger partial charge >= 0.3 is 0 Å². The lowest BCUT2D eigenvalue weighted by atomic mass is 9.90. The zero-order valence-electron chi connectivity index (χ0n) is 12.4. The minimum Gasteiger partial charge on any atom is -0.504 e. The zero-order valence-corrected chi connectivity index (χ0v) is 12.4. The molecule has 0 radical (unpaired) electrons. The molecule has 106 valence electrons. The molecule has 0 bridgehead atoms. The Bertz CT molecular complexity index is 615. The van der Waals surface area contributed by atoms with E-state index in [1.165, 1.54) is 11.1 Å². The van der Waals surface area contributed by atoms with Gasteiger partial charge in [-0.15, -0.1) is 0 Å². The largest absolute Gasteiger partial charge is 0.504 e. The van der Waals surface area contributed by atoms with Gasteiger partial charge in [-0.25, -0.2) is 0 Å².